The molecule has 0 radical (unpaired) electrons. The number of ketones is 1. The summed E-state index contributed by atoms with van der Waals surface area (Å²) in [7, 11) is 0. The third-order valence-electron chi connectivity index (χ3n) is 5.66. The van der Waals surface area contributed by atoms with E-state index < -0.39 is 23.5 Å². The quantitative estimate of drug-likeness (QED) is 0.218. The van der Waals surface area contributed by atoms with Gasteiger partial charge in [-0.15, -0.1) is 0 Å². The van der Waals surface area contributed by atoms with Gasteiger partial charge in [0.25, 0.3) is 11.7 Å². The SMILES string of the molecule is CCOc1ccc(/C(O)=C2/C(=O)C(=O)N(c3ccc(Cl)cc3)C2c2ccc(O)c(Cl)c2)c(OCC)c1. The third kappa shape index (κ3) is 4.72. The van der Waals surface area contributed by atoms with Crippen molar-refractivity contribution in [3.8, 4) is 17.2 Å². The van der Waals surface area contributed by atoms with E-state index in [2.05, 4.69) is 0 Å². The zero-order chi connectivity index (χ0) is 26.0. The van der Waals surface area contributed by atoms with Crippen LogP contribution in [0.5, 0.6) is 17.2 Å². The van der Waals surface area contributed by atoms with Crippen LogP contribution >= 0.6 is 23.2 Å². The Morgan fingerprint density at radius 1 is 0.944 bits per heavy atom. The summed E-state index contributed by atoms with van der Waals surface area (Å²) in [4.78, 5) is 27.9. The van der Waals surface area contributed by atoms with Crippen molar-refractivity contribution in [2.45, 2.75) is 19.9 Å². The van der Waals surface area contributed by atoms with E-state index in [1.165, 1.54) is 23.1 Å². The molecule has 36 heavy (non-hydrogen) atoms. The normalized spacial score (nSPS) is 16.9. The number of benzene rings is 3. The molecule has 186 valence electrons. The number of aliphatic hydroxyl groups is 1. The van der Waals surface area contributed by atoms with Gasteiger partial charge in [-0.2, -0.15) is 0 Å². The zero-order valence-electron chi connectivity index (χ0n) is 19.5. The molecule has 0 aliphatic carbocycles. The Morgan fingerprint density at radius 2 is 1.64 bits per heavy atom. The molecule has 2 N–H and O–H groups in total. The van der Waals surface area contributed by atoms with E-state index in [1.807, 2.05) is 6.92 Å². The Kier molecular flexibility index (Phi) is 7.43. The van der Waals surface area contributed by atoms with Crippen molar-refractivity contribution in [1.82, 2.24) is 0 Å². The molecule has 1 heterocycles. The summed E-state index contributed by atoms with van der Waals surface area (Å²) >= 11 is 12.2. The number of rotatable bonds is 7. The number of aromatic hydroxyl groups is 1. The van der Waals surface area contributed by atoms with Gasteiger partial charge >= 0.3 is 0 Å². The minimum Gasteiger partial charge on any atom is -0.507 e. The van der Waals surface area contributed by atoms with Crippen molar-refractivity contribution in [3.05, 3.63) is 87.4 Å². The lowest BCUT2D eigenvalue weighted by Gasteiger charge is -2.26. The number of hydrogen-bond donors (Lipinski definition) is 2. The molecular weight excluding hydrogens is 505 g/mol. The van der Waals surface area contributed by atoms with Crippen molar-refractivity contribution in [2.24, 2.45) is 0 Å². The molecular formula is C27H23Cl2NO6. The summed E-state index contributed by atoms with van der Waals surface area (Å²) in [5.74, 6) is -1.47. The van der Waals surface area contributed by atoms with Crippen LogP contribution in [0.1, 0.15) is 31.0 Å². The van der Waals surface area contributed by atoms with Gasteiger partial charge in [-0.1, -0.05) is 29.3 Å². The highest BCUT2D eigenvalue weighted by Crippen LogP contribution is 2.45. The molecule has 3 aromatic carbocycles. The third-order valence-corrected chi connectivity index (χ3v) is 6.21. The number of ether oxygens (including phenoxy) is 2. The Bertz CT molecular complexity index is 1350. The van der Waals surface area contributed by atoms with Crippen LogP contribution in [0.4, 0.5) is 5.69 Å². The van der Waals surface area contributed by atoms with Gasteiger partial charge in [0.05, 0.1) is 35.4 Å². The number of hydrogen-bond acceptors (Lipinski definition) is 6. The molecule has 1 aliphatic rings. The van der Waals surface area contributed by atoms with Crippen molar-refractivity contribution < 1.29 is 29.3 Å². The fourth-order valence-electron chi connectivity index (χ4n) is 4.08. The van der Waals surface area contributed by atoms with E-state index in [4.69, 9.17) is 32.7 Å². The lowest BCUT2D eigenvalue weighted by Crippen LogP contribution is -2.29. The standard InChI is InChI=1S/C27H23Cl2NO6/c1-3-35-18-10-11-19(22(14-18)36-4-2)25(32)23-24(15-5-12-21(31)20(29)13-15)30(27(34)26(23)33)17-8-6-16(28)7-9-17/h5-14,24,31-32H,3-4H2,1-2H3/b25-23-. The molecule has 1 fully saturated rings. The summed E-state index contributed by atoms with van der Waals surface area (Å²) in [6.45, 7) is 4.36. The number of anilines is 1. The molecule has 0 spiro atoms. The van der Waals surface area contributed by atoms with Crippen LogP contribution in [0.15, 0.2) is 66.2 Å². The van der Waals surface area contributed by atoms with Gasteiger partial charge < -0.3 is 19.7 Å². The average molecular weight is 528 g/mol. The largest absolute Gasteiger partial charge is 0.507 e. The van der Waals surface area contributed by atoms with E-state index in [-0.39, 0.29) is 21.9 Å². The molecule has 1 saturated heterocycles. The summed E-state index contributed by atoms with van der Waals surface area (Å²) in [5, 5.41) is 21.9. The number of phenolic OH excluding ortho intramolecular Hbond substituents is 1. The van der Waals surface area contributed by atoms with E-state index in [0.717, 1.165) is 0 Å². The maximum Gasteiger partial charge on any atom is 0.300 e. The van der Waals surface area contributed by atoms with E-state index >= 15 is 0 Å². The molecule has 3 aromatic rings. The highest BCUT2D eigenvalue weighted by molar-refractivity contribution is 6.51. The second-order valence-corrected chi connectivity index (χ2v) is 8.72. The molecule has 1 aliphatic heterocycles. The summed E-state index contributed by atoms with van der Waals surface area (Å²) in [6.07, 6.45) is 0. The number of phenols is 1. The number of amides is 1. The van der Waals surface area contributed by atoms with Gasteiger partial charge in [-0.25, -0.2) is 0 Å². The average Bonchev–Trinajstić information content (AvgIpc) is 3.12. The number of carbonyl (C=O) groups is 2. The number of aliphatic hydroxyl groups excluding tert-OH is 1. The van der Waals surface area contributed by atoms with Gasteiger partial charge in [-0.05, 0) is 67.9 Å². The van der Waals surface area contributed by atoms with Crippen molar-refractivity contribution in [2.75, 3.05) is 18.1 Å². The van der Waals surface area contributed by atoms with Crippen LogP contribution < -0.4 is 14.4 Å². The van der Waals surface area contributed by atoms with E-state index in [0.29, 0.717) is 41.0 Å². The number of Topliss-reactive ketones (excluding diaryl/α,β-unsaturated/α-hetero) is 1. The van der Waals surface area contributed by atoms with Crippen molar-refractivity contribution in [3.63, 3.8) is 0 Å². The highest BCUT2D eigenvalue weighted by Gasteiger charge is 2.47. The van der Waals surface area contributed by atoms with Gasteiger partial charge in [0, 0.05) is 16.8 Å². The van der Waals surface area contributed by atoms with Crippen molar-refractivity contribution in [1.29, 1.82) is 0 Å². The van der Waals surface area contributed by atoms with Crippen LogP contribution in [0.2, 0.25) is 10.0 Å². The molecule has 1 atom stereocenters. The molecule has 4 rings (SSSR count). The second kappa shape index (κ2) is 10.5. The van der Waals surface area contributed by atoms with Crippen LogP contribution in [0.25, 0.3) is 5.76 Å². The van der Waals surface area contributed by atoms with Crippen molar-refractivity contribution >= 4 is 46.3 Å². The van der Waals surface area contributed by atoms with Gasteiger partial charge in [-0.3, -0.25) is 14.5 Å². The monoisotopic (exact) mass is 527 g/mol. The molecule has 0 bridgehead atoms. The zero-order valence-corrected chi connectivity index (χ0v) is 21.0. The van der Waals surface area contributed by atoms with Crippen LogP contribution in [0, 0.1) is 0 Å². The number of nitrogens with zero attached hydrogens (tertiary/aromatic N) is 1. The van der Waals surface area contributed by atoms with E-state index in [1.54, 1.807) is 49.4 Å². The first-order valence-corrected chi connectivity index (χ1v) is 12.0. The first kappa shape index (κ1) is 25.4. The Labute approximate surface area is 218 Å². The number of carbonyl (C=O) groups excluding carboxylic acids is 2. The minimum atomic E-state index is -1.04. The van der Waals surface area contributed by atoms with Crippen LogP contribution in [0.3, 0.4) is 0 Å². The van der Waals surface area contributed by atoms with Gasteiger partial charge in [0.2, 0.25) is 0 Å². The highest BCUT2D eigenvalue weighted by atomic mass is 35.5. The van der Waals surface area contributed by atoms with Gasteiger partial charge in [0.15, 0.2) is 0 Å². The fraction of sp³-hybridized carbons (Fsp3) is 0.185. The molecule has 1 amide bonds. The number of halogens is 2. The fourth-order valence-corrected chi connectivity index (χ4v) is 4.40. The Hall–Kier alpha value is -3.68. The Morgan fingerprint density at radius 3 is 2.28 bits per heavy atom. The summed E-state index contributed by atoms with van der Waals surface area (Å²) in [5.41, 5.74) is 0.884. The first-order valence-electron chi connectivity index (χ1n) is 11.2. The summed E-state index contributed by atoms with van der Waals surface area (Å²) < 4.78 is 11.2. The smallest absolute Gasteiger partial charge is 0.300 e. The van der Waals surface area contributed by atoms with E-state index in [9.17, 15) is 19.8 Å². The predicted molar refractivity (Wildman–Crippen MR) is 138 cm³/mol. The van der Waals surface area contributed by atoms with Crippen LogP contribution in [-0.2, 0) is 9.59 Å². The lowest BCUT2D eigenvalue weighted by molar-refractivity contribution is -0.132. The second-order valence-electron chi connectivity index (χ2n) is 7.88. The summed E-state index contributed by atoms with van der Waals surface area (Å²) in [6, 6.07) is 14.5. The topological polar surface area (TPSA) is 96.3 Å². The molecule has 7 nitrogen and oxygen atoms in total. The van der Waals surface area contributed by atoms with Gasteiger partial charge in [0.1, 0.15) is 23.0 Å². The first-order chi connectivity index (χ1) is 17.3. The predicted octanol–water partition coefficient (Wildman–Crippen LogP) is 6.12. The lowest BCUT2D eigenvalue weighted by atomic mass is 9.94. The molecule has 9 heteroatoms. The molecule has 1 unspecified atom stereocenters. The minimum absolute atomic E-state index is 0.0327. The van der Waals surface area contributed by atoms with Crippen LogP contribution in [-0.4, -0.2) is 35.1 Å². The molecule has 0 aromatic heterocycles. The maximum absolute atomic E-state index is 13.4. The molecule has 0 saturated carbocycles. The maximum atomic E-state index is 13.4. The Balaban J connectivity index is 1.95.